The molecule has 27 heavy (non-hydrogen) atoms. The molecule has 0 spiro atoms. The number of imide groups is 1. The number of esters is 2. The van der Waals surface area contributed by atoms with Crippen molar-refractivity contribution in [2.75, 3.05) is 13.2 Å². The lowest BCUT2D eigenvalue weighted by Gasteiger charge is -2.24. The molecule has 1 aromatic rings. The van der Waals surface area contributed by atoms with E-state index >= 15 is 0 Å². The molecule has 2 rings (SSSR count). The largest absolute Gasteiger partial charge is 0.466 e. The fourth-order valence-electron chi connectivity index (χ4n) is 2.72. The lowest BCUT2D eigenvalue weighted by Crippen LogP contribution is -2.46. The average Bonchev–Trinajstić information content (AvgIpc) is 2.87. The minimum absolute atomic E-state index is 0.0172. The first kappa shape index (κ1) is 20.0. The summed E-state index contributed by atoms with van der Waals surface area (Å²) in [4.78, 5) is 60.1. The molecule has 0 saturated carbocycles. The van der Waals surface area contributed by atoms with Gasteiger partial charge in [-0.15, -0.1) is 0 Å². The monoisotopic (exact) mass is 378 g/mol. The van der Waals surface area contributed by atoms with E-state index in [-0.39, 0.29) is 42.9 Å². The van der Waals surface area contributed by atoms with Crippen molar-refractivity contribution < 1.29 is 33.6 Å². The van der Waals surface area contributed by atoms with Crippen LogP contribution in [0.2, 0.25) is 0 Å². The molecule has 1 aliphatic rings. The van der Waals surface area contributed by atoms with Gasteiger partial charge in [0.1, 0.15) is 6.04 Å². The minimum Gasteiger partial charge on any atom is -0.466 e. The van der Waals surface area contributed by atoms with Crippen molar-refractivity contribution in [3.63, 3.8) is 0 Å². The van der Waals surface area contributed by atoms with Crippen molar-refractivity contribution in [1.29, 1.82) is 0 Å². The summed E-state index contributed by atoms with van der Waals surface area (Å²) in [6.07, 6.45) is -0.379. The second kappa shape index (κ2) is 8.39. The van der Waals surface area contributed by atoms with Gasteiger partial charge in [0.05, 0.1) is 29.3 Å². The molecular formula is C17H18N2O8. The van der Waals surface area contributed by atoms with Gasteiger partial charge in [0.25, 0.3) is 17.5 Å². The van der Waals surface area contributed by atoms with Crippen LogP contribution in [0.4, 0.5) is 5.69 Å². The zero-order valence-corrected chi connectivity index (χ0v) is 14.8. The molecule has 1 aliphatic heterocycles. The summed E-state index contributed by atoms with van der Waals surface area (Å²) in [7, 11) is 0. The Labute approximate surface area is 154 Å². The van der Waals surface area contributed by atoms with Gasteiger partial charge in [-0.05, 0) is 26.3 Å². The zero-order valence-electron chi connectivity index (χ0n) is 14.8. The molecule has 0 aromatic heterocycles. The van der Waals surface area contributed by atoms with Gasteiger partial charge in [-0.1, -0.05) is 0 Å². The Morgan fingerprint density at radius 1 is 1.11 bits per heavy atom. The van der Waals surface area contributed by atoms with Crippen LogP contribution in [0.3, 0.4) is 0 Å². The number of carbonyl (C=O) groups excluding carboxylic acids is 4. The van der Waals surface area contributed by atoms with E-state index in [0.29, 0.717) is 4.90 Å². The molecule has 0 aliphatic carbocycles. The summed E-state index contributed by atoms with van der Waals surface area (Å²) in [5.41, 5.74) is -0.563. The van der Waals surface area contributed by atoms with Crippen molar-refractivity contribution in [3.05, 3.63) is 39.4 Å². The maximum atomic E-state index is 12.7. The van der Waals surface area contributed by atoms with Crippen molar-refractivity contribution in [2.45, 2.75) is 32.7 Å². The van der Waals surface area contributed by atoms with Crippen LogP contribution >= 0.6 is 0 Å². The third-order valence-electron chi connectivity index (χ3n) is 3.91. The smallest absolute Gasteiger partial charge is 0.329 e. The van der Waals surface area contributed by atoms with E-state index in [4.69, 9.17) is 9.47 Å². The topological polar surface area (TPSA) is 133 Å². The lowest BCUT2D eigenvalue weighted by molar-refractivity contribution is -0.384. The predicted octanol–water partition coefficient (Wildman–Crippen LogP) is 1.47. The first-order valence-corrected chi connectivity index (χ1v) is 8.30. The van der Waals surface area contributed by atoms with Crippen LogP contribution in [0.1, 0.15) is 47.4 Å². The molecule has 0 saturated heterocycles. The van der Waals surface area contributed by atoms with Gasteiger partial charge in [-0.25, -0.2) is 4.79 Å². The third-order valence-corrected chi connectivity index (χ3v) is 3.91. The van der Waals surface area contributed by atoms with E-state index in [2.05, 4.69) is 0 Å². The van der Waals surface area contributed by atoms with Gasteiger partial charge >= 0.3 is 11.9 Å². The quantitative estimate of drug-likeness (QED) is 0.287. The van der Waals surface area contributed by atoms with Crippen LogP contribution in [0.5, 0.6) is 0 Å². The molecule has 0 radical (unpaired) electrons. The summed E-state index contributed by atoms with van der Waals surface area (Å²) in [6, 6.07) is 1.93. The van der Waals surface area contributed by atoms with Crippen LogP contribution in [0, 0.1) is 10.1 Å². The number of nitrogens with zero attached hydrogens (tertiary/aromatic N) is 2. The molecule has 0 fully saturated rings. The molecule has 10 nitrogen and oxygen atoms in total. The number of amides is 2. The van der Waals surface area contributed by atoms with Crippen molar-refractivity contribution in [2.24, 2.45) is 0 Å². The van der Waals surface area contributed by atoms with Crippen LogP contribution in [-0.2, 0) is 19.1 Å². The number of fused-ring (bicyclic) bond motifs is 1. The van der Waals surface area contributed by atoms with Crippen molar-refractivity contribution in [3.8, 4) is 0 Å². The van der Waals surface area contributed by atoms with Crippen LogP contribution in [-0.4, -0.2) is 52.8 Å². The Bertz CT molecular complexity index is 804. The summed E-state index contributed by atoms with van der Waals surface area (Å²) in [5, 5.41) is 10.9. The van der Waals surface area contributed by atoms with E-state index in [9.17, 15) is 29.3 Å². The average molecular weight is 378 g/mol. The second-order valence-electron chi connectivity index (χ2n) is 5.58. The summed E-state index contributed by atoms with van der Waals surface area (Å²) in [5.74, 6) is -3.04. The van der Waals surface area contributed by atoms with E-state index in [0.717, 1.165) is 12.1 Å². The predicted molar refractivity (Wildman–Crippen MR) is 89.9 cm³/mol. The highest BCUT2D eigenvalue weighted by molar-refractivity contribution is 6.23. The molecule has 1 atom stereocenters. The Morgan fingerprint density at radius 2 is 1.74 bits per heavy atom. The van der Waals surface area contributed by atoms with Crippen LogP contribution < -0.4 is 0 Å². The Kier molecular flexibility index (Phi) is 6.22. The SMILES string of the molecule is CCOC(=O)CCC(C(=O)OCC)N1C(=O)c2ccc([N+](=O)[O-])cc2C1=O. The maximum Gasteiger partial charge on any atom is 0.329 e. The van der Waals surface area contributed by atoms with Gasteiger partial charge in [-0.2, -0.15) is 0 Å². The van der Waals surface area contributed by atoms with Gasteiger partial charge in [0, 0.05) is 18.6 Å². The molecule has 1 aromatic carbocycles. The highest BCUT2D eigenvalue weighted by atomic mass is 16.6. The zero-order chi connectivity index (χ0) is 20.1. The fraction of sp³-hybridized carbons (Fsp3) is 0.412. The molecule has 0 bridgehead atoms. The summed E-state index contributed by atoms with van der Waals surface area (Å²) >= 11 is 0. The Balaban J connectivity index is 2.33. The van der Waals surface area contributed by atoms with Crippen molar-refractivity contribution in [1.82, 2.24) is 4.90 Å². The molecule has 0 N–H and O–H groups in total. The maximum absolute atomic E-state index is 12.7. The summed E-state index contributed by atoms with van der Waals surface area (Å²) < 4.78 is 9.72. The Hall–Kier alpha value is -3.30. The number of nitro groups is 1. The van der Waals surface area contributed by atoms with E-state index in [1.807, 2.05) is 0 Å². The fourth-order valence-corrected chi connectivity index (χ4v) is 2.72. The van der Waals surface area contributed by atoms with Crippen LogP contribution in [0.25, 0.3) is 0 Å². The van der Waals surface area contributed by atoms with Gasteiger partial charge < -0.3 is 9.47 Å². The number of rotatable bonds is 8. The molecule has 1 unspecified atom stereocenters. The minimum atomic E-state index is -1.33. The van der Waals surface area contributed by atoms with Gasteiger partial charge in [-0.3, -0.25) is 29.4 Å². The standard InChI is InChI=1S/C17H18N2O8/c1-3-26-14(20)8-7-13(17(23)27-4-2)18-15(21)11-6-5-10(19(24)25)9-12(11)16(18)22/h5-6,9,13H,3-4,7-8H2,1-2H3. The van der Waals surface area contributed by atoms with Crippen molar-refractivity contribution >= 4 is 29.4 Å². The number of non-ortho nitro benzene ring substituents is 1. The van der Waals surface area contributed by atoms with E-state index in [1.54, 1.807) is 13.8 Å². The highest BCUT2D eigenvalue weighted by Gasteiger charge is 2.44. The number of benzene rings is 1. The molecular weight excluding hydrogens is 360 g/mol. The Morgan fingerprint density at radius 3 is 2.33 bits per heavy atom. The first-order valence-electron chi connectivity index (χ1n) is 8.30. The summed E-state index contributed by atoms with van der Waals surface area (Å²) in [6.45, 7) is 3.35. The van der Waals surface area contributed by atoms with E-state index < -0.39 is 34.7 Å². The molecule has 10 heteroatoms. The highest BCUT2D eigenvalue weighted by Crippen LogP contribution is 2.29. The number of hydrogen-bond acceptors (Lipinski definition) is 8. The number of carbonyl (C=O) groups is 4. The number of nitro benzene ring substituents is 1. The van der Waals surface area contributed by atoms with Gasteiger partial charge in [0.15, 0.2) is 0 Å². The normalized spacial score (nSPS) is 13.9. The molecule has 144 valence electrons. The van der Waals surface area contributed by atoms with Gasteiger partial charge in [0.2, 0.25) is 0 Å². The van der Waals surface area contributed by atoms with E-state index in [1.165, 1.54) is 6.07 Å². The third kappa shape index (κ3) is 4.10. The second-order valence-corrected chi connectivity index (χ2v) is 5.58. The lowest BCUT2D eigenvalue weighted by atomic mass is 10.1. The number of hydrogen-bond donors (Lipinski definition) is 0. The molecule has 2 amide bonds. The molecule has 1 heterocycles. The van der Waals surface area contributed by atoms with Crippen LogP contribution in [0.15, 0.2) is 18.2 Å². The first-order chi connectivity index (χ1) is 12.8. The number of ether oxygens (including phenoxy) is 2.